The molecule has 0 radical (unpaired) electrons. The van der Waals surface area contributed by atoms with E-state index in [-0.39, 0.29) is 0 Å². The molecule has 1 fully saturated rings. The van der Waals surface area contributed by atoms with Gasteiger partial charge in [0.05, 0.1) is 19.3 Å². The van der Waals surface area contributed by atoms with Gasteiger partial charge in [-0.25, -0.2) is 4.79 Å². The van der Waals surface area contributed by atoms with Crippen molar-refractivity contribution < 1.29 is 24.2 Å². The Morgan fingerprint density at radius 3 is 2.16 bits per heavy atom. The molecule has 0 aromatic heterocycles. The zero-order valence-corrected chi connectivity index (χ0v) is 18.5. The van der Waals surface area contributed by atoms with Gasteiger partial charge in [0.15, 0.2) is 6.04 Å². The van der Waals surface area contributed by atoms with Gasteiger partial charge in [-0.1, -0.05) is 48.6 Å². The standard InChI is InChI=1S/C25H30N2O5/c1-18(31-2)23(25(29)30)26-24(28)22-11-9-20(10-12-22)4-3-19-5-7-21(8-6-19)17-27-13-15-32-16-14-27/h3-12,18,23H,13-17H2,1-2H3,(H,26,28)(H,29,30)/b4-3+/t18-,23+/m1/s1. The van der Waals surface area contributed by atoms with Crippen molar-refractivity contribution in [2.75, 3.05) is 33.4 Å². The van der Waals surface area contributed by atoms with Crippen LogP contribution in [0.5, 0.6) is 0 Å². The number of methoxy groups -OCH3 is 1. The van der Waals surface area contributed by atoms with Crippen LogP contribution < -0.4 is 5.32 Å². The normalized spacial score (nSPS) is 16.6. The molecule has 0 spiro atoms. The fourth-order valence-electron chi connectivity index (χ4n) is 3.43. The van der Waals surface area contributed by atoms with Gasteiger partial charge < -0.3 is 19.9 Å². The quantitative estimate of drug-likeness (QED) is 0.586. The molecule has 2 N–H and O–H groups in total. The van der Waals surface area contributed by atoms with Gasteiger partial charge in [-0.15, -0.1) is 0 Å². The Kier molecular flexibility index (Phi) is 8.56. The van der Waals surface area contributed by atoms with Crippen molar-refractivity contribution in [2.24, 2.45) is 0 Å². The van der Waals surface area contributed by atoms with E-state index < -0.39 is 24.0 Å². The lowest BCUT2D eigenvalue weighted by atomic mass is 10.1. The first-order valence-corrected chi connectivity index (χ1v) is 10.7. The average Bonchev–Trinajstić information content (AvgIpc) is 2.82. The smallest absolute Gasteiger partial charge is 0.328 e. The number of aliphatic carboxylic acids is 1. The van der Waals surface area contributed by atoms with E-state index in [1.807, 2.05) is 24.3 Å². The minimum absolute atomic E-state index is 0.393. The zero-order chi connectivity index (χ0) is 22.9. The number of rotatable bonds is 9. The molecule has 0 unspecified atom stereocenters. The molecule has 1 aliphatic heterocycles. The summed E-state index contributed by atoms with van der Waals surface area (Å²) < 4.78 is 10.4. The van der Waals surface area contributed by atoms with Crippen LogP contribution in [-0.2, 0) is 20.8 Å². The van der Waals surface area contributed by atoms with E-state index in [4.69, 9.17) is 9.47 Å². The summed E-state index contributed by atoms with van der Waals surface area (Å²) in [6, 6.07) is 14.4. The van der Waals surface area contributed by atoms with Crippen LogP contribution >= 0.6 is 0 Å². The van der Waals surface area contributed by atoms with Crippen molar-refractivity contribution >= 4 is 24.0 Å². The molecule has 0 aliphatic carbocycles. The predicted octanol–water partition coefficient (Wildman–Crippen LogP) is 2.91. The summed E-state index contributed by atoms with van der Waals surface area (Å²) in [6.45, 7) is 6.07. The van der Waals surface area contributed by atoms with Crippen LogP contribution in [0.25, 0.3) is 12.2 Å². The maximum Gasteiger partial charge on any atom is 0.328 e. The summed E-state index contributed by atoms with van der Waals surface area (Å²) in [5, 5.41) is 11.8. The Labute approximate surface area is 188 Å². The third-order valence-electron chi connectivity index (χ3n) is 5.52. The van der Waals surface area contributed by atoms with Crippen LogP contribution in [0.3, 0.4) is 0 Å². The predicted molar refractivity (Wildman–Crippen MR) is 123 cm³/mol. The lowest BCUT2D eigenvalue weighted by molar-refractivity contribution is -0.142. The molecule has 170 valence electrons. The molecular formula is C25H30N2O5. The molecule has 7 nitrogen and oxygen atoms in total. The molecule has 32 heavy (non-hydrogen) atoms. The van der Waals surface area contributed by atoms with E-state index in [0.29, 0.717) is 5.56 Å². The minimum Gasteiger partial charge on any atom is -0.480 e. The fourth-order valence-corrected chi connectivity index (χ4v) is 3.43. The highest BCUT2D eigenvalue weighted by molar-refractivity contribution is 5.97. The Morgan fingerprint density at radius 2 is 1.62 bits per heavy atom. The second-order valence-electron chi connectivity index (χ2n) is 7.82. The van der Waals surface area contributed by atoms with E-state index in [0.717, 1.165) is 44.0 Å². The first-order chi connectivity index (χ1) is 15.5. The average molecular weight is 439 g/mol. The molecule has 0 bridgehead atoms. The van der Waals surface area contributed by atoms with Crippen molar-refractivity contribution in [1.29, 1.82) is 0 Å². The van der Waals surface area contributed by atoms with Crippen molar-refractivity contribution in [1.82, 2.24) is 10.2 Å². The van der Waals surface area contributed by atoms with Gasteiger partial charge in [-0.05, 0) is 35.7 Å². The number of hydrogen-bond acceptors (Lipinski definition) is 5. The minimum atomic E-state index is -1.14. The number of carboxylic acid groups (broad SMARTS) is 1. The Morgan fingerprint density at radius 1 is 1.06 bits per heavy atom. The monoisotopic (exact) mass is 438 g/mol. The van der Waals surface area contributed by atoms with Gasteiger partial charge in [-0.2, -0.15) is 0 Å². The van der Waals surface area contributed by atoms with Crippen LogP contribution in [0.4, 0.5) is 0 Å². The number of nitrogens with one attached hydrogen (secondary N) is 1. The van der Waals surface area contributed by atoms with Gasteiger partial charge in [0, 0.05) is 32.3 Å². The maximum atomic E-state index is 12.4. The molecule has 7 heteroatoms. The molecule has 3 rings (SSSR count). The summed E-state index contributed by atoms with van der Waals surface area (Å²) in [4.78, 5) is 26.1. The molecule has 2 atom stereocenters. The first kappa shape index (κ1) is 23.7. The summed E-state index contributed by atoms with van der Waals surface area (Å²) >= 11 is 0. The molecule has 1 amide bonds. The van der Waals surface area contributed by atoms with E-state index in [1.165, 1.54) is 12.7 Å². The number of amides is 1. The van der Waals surface area contributed by atoms with Gasteiger partial charge >= 0.3 is 5.97 Å². The molecular weight excluding hydrogens is 408 g/mol. The van der Waals surface area contributed by atoms with Gasteiger partial charge in [0.2, 0.25) is 0 Å². The number of hydrogen-bond donors (Lipinski definition) is 2. The molecule has 0 saturated carbocycles. The van der Waals surface area contributed by atoms with Crippen LogP contribution in [-0.4, -0.2) is 67.4 Å². The Hall–Kier alpha value is -3.00. The molecule has 1 saturated heterocycles. The first-order valence-electron chi connectivity index (χ1n) is 10.7. The van der Waals surface area contributed by atoms with Gasteiger partial charge in [-0.3, -0.25) is 9.69 Å². The topological polar surface area (TPSA) is 88.1 Å². The second-order valence-corrected chi connectivity index (χ2v) is 7.82. The lowest BCUT2D eigenvalue weighted by Gasteiger charge is -2.26. The van der Waals surface area contributed by atoms with Crippen LogP contribution in [0, 0.1) is 0 Å². The molecule has 2 aromatic carbocycles. The Balaban J connectivity index is 1.56. The third-order valence-corrected chi connectivity index (χ3v) is 5.52. The highest BCUT2D eigenvalue weighted by Gasteiger charge is 2.26. The van der Waals surface area contributed by atoms with Crippen LogP contribution in [0.1, 0.15) is 34.0 Å². The van der Waals surface area contributed by atoms with Gasteiger partial charge in [0.1, 0.15) is 0 Å². The van der Waals surface area contributed by atoms with E-state index in [1.54, 1.807) is 19.1 Å². The van der Waals surface area contributed by atoms with Crippen molar-refractivity contribution in [3.8, 4) is 0 Å². The van der Waals surface area contributed by atoms with Gasteiger partial charge in [0.25, 0.3) is 5.91 Å². The highest BCUT2D eigenvalue weighted by atomic mass is 16.5. The van der Waals surface area contributed by atoms with E-state index in [9.17, 15) is 14.7 Å². The van der Waals surface area contributed by atoms with E-state index >= 15 is 0 Å². The molecule has 1 heterocycles. The van der Waals surface area contributed by atoms with Crippen molar-refractivity contribution in [2.45, 2.75) is 25.6 Å². The SMILES string of the molecule is CO[C@H](C)[C@H](NC(=O)c1ccc(/C=C/c2ccc(CN3CCOCC3)cc2)cc1)C(=O)O. The Bertz CT molecular complexity index is 918. The van der Waals surface area contributed by atoms with Crippen LogP contribution in [0.2, 0.25) is 0 Å². The second kappa shape index (κ2) is 11.6. The maximum absolute atomic E-state index is 12.4. The summed E-state index contributed by atoms with van der Waals surface area (Å²) in [5.74, 6) is -1.59. The number of morpholine rings is 1. The lowest BCUT2D eigenvalue weighted by Crippen LogP contribution is -2.48. The number of carbonyl (C=O) groups excluding carboxylic acids is 1. The highest BCUT2D eigenvalue weighted by Crippen LogP contribution is 2.13. The summed E-state index contributed by atoms with van der Waals surface area (Å²) in [7, 11) is 1.41. The number of nitrogens with zero attached hydrogens (tertiary/aromatic N) is 1. The fraction of sp³-hybridized carbons (Fsp3) is 0.360. The van der Waals surface area contributed by atoms with Crippen molar-refractivity contribution in [3.05, 3.63) is 70.8 Å². The summed E-state index contributed by atoms with van der Waals surface area (Å²) in [6.07, 6.45) is 3.36. The third kappa shape index (κ3) is 6.75. The number of benzene rings is 2. The van der Waals surface area contributed by atoms with Crippen LogP contribution in [0.15, 0.2) is 48.5 Å². The van der Waals surface area contributed by atoms with Crippen molar-refractivity contribution in [3.63, 3.8) is 0 Å². The zero-order valence-electron chi connectivity index (χ0n) is 18.5. The summed E-state index contributed by atoms with van der Waals surface area (Å²) in [5.41, 5.74) is 3.71. The van der Waals surface area contributed by atoms with E-state index in [2.05, 4.69) is 34.5 Å². The largest absolute Gasteiger partial charge is 0.480 e. The number of ether oxygens (including phenoxy) is 2. The number of carbonyl (C=O) groups is 2. The molecule has 1 aliphatic rings. The molecule has 2 aromatic rings. The number of carboxylic acids is 1.